The second kappa shape index (κ2) is 12.2. The summed E-state index contributed by atoms with van der Waals surface area (Å²) in [5.41, 5.74) is 3.94. The maximum absolute atomic E-state index is 15.4. The van der Waals surface area contributed by atoms with E-state index in [0.29, 0.717) is 38.9 Å². The fourth-order valence-corrected chi connectivity index (χ4v) is 11.4. The van der Waals surface area contributed by atoms with Gasteiger partial charge < -0.3 is 23.8 Å². The van der Waals surface area contributed by atoms with Crippen LogP contribution < -0.4 is 9.46 Å². The van der Waals surface area contributed by atoms with Crippen LogP contribution in [-0.4, -0.2) is 84.3 Å². The largest absolute Gasteiger partial charge is 0.497 e. The van der Waals surface area contributed by atoms with Crippen molar-refractivity contribution in [2.75, 3.05) is 26.7 Å². The van der Waals surface area contributed by atoms with Gasteiger partial charge in [0.15, 0.2) is 0 Å². The number of sulfonamides is 1. The highest BCUT2D eigenvalue weighted by Gasteiger charge is 2.68. The van der Waals surface area contributed by atoms with Crippen LogP contribution in [0.3, 0.4) is 0 Å². The predicted octanol–water partition coefficient (Wildman–Crippen LogP) is 6.64. The van der Waals surface area contributed by atoms with E-state index < -0.39 is 32.3 Å². The number of rotatable bonds is 6. The van der Waals surface area contributed by atoms with Crippen LogP contribution in [0.25, 0.3) is 22.2 Å². The van der Waals surface area contributed by atoms with Crippen LogP contribution >= 0.6 is 0 Å². The number of methoxy groups -OCH3 is 1. The van der Waals surface area contributed by atoms with Gasteiger partial charge in [0.05, 0.1) is 29.6 Å². The van der Waals surface area contributed by atoms with Crippen LogP contribution in [-0.2, 0) is 25.1 Å². The minimum Gasteiger partial charge on any atom is -0.497 e. The zero-order valence-electron chi connectivity index (χ0n) is 31.2. The van der Waals surface area contributed by atoms with Crippen molar-refractivity contribution in [2.24, 2.45) is 5.92 Å². The molecule has 9 rings (SSSR count). The Balaban J connectivity index is 1.18. The number of carbonyl (C=O) groups is 3. The number of piperidine rings is 1. The summed E-state index contributed by atoms with van der Waals surface area (Å²) < 4.78 is 41.8. The minimum absolute atomic E-state index is 0.0361. The molecule has 6 aliphatic rings. The average molecular weight is 743 g/mol. The highest BCUT2D eigenvalue weighted by atomic mass is 32.2. The molecular weight excluding hydrogens is 693 g/mol. The number of fused-ring (bicyclic) bond motifs is 9. The molecule has 0 spiro atoms. The van der Waals surface area contributed by atoms with Crippen LogP contribution in [0.1, 0.15) is 118 Å². The van der Waals surface area contributed by atoms with Gasteiger partial charge in [-0.2, -0.15) is 0 Å². The van der Waals surface area contributed by atoms with Gasteiger partial charge in [-0.3, -0.25) is 9.59 Å². The molecule has 4 unspecified atom stereocenters. The first kappa shape index (κ1) is 34.7. The minimum atomic E-state index is -3.75. The summed E-state index contributed by atoms with van der Waals surface area (Å²) in [6.07, 6.45) is 8.73. The molecule has 1 N–H and O–H groups in total. The van der Waals surface area contributed by atoms with Crippen molar-refractivity contribution in [3.8, 4) is 17.0 Å². The number of ether oxygens (including phenoxy) is 2. The first-order valence-electron chi connectivity index (χ1n) is 19.5. The Morgan fingerprint density at radius 1 is 0.925 bits per heavy atom. The first-order valence-corrected chi connectivity index (χ1v) is 21.1. The Morgan fingerprint density at radius 2 is 1.70 bits per heavy atom. The average Bonchev–Trinajstić information content (AvgIpc) is 4.05. The van der Waals surface area contributed by atoms with Gasteiger partial charge >= 0.3 is 6.09 Å². The molecule has 0 bridgehead atoms. The van der Waals surface area contributed by atoms with Gasteiger partial charge in [0.25, 0.3) is 5.91 Å². The lowest BCUT2D eigenvalue weighted by Crippen LogP contribution is -2.50. The predicted molar refractivity (Wildman–Crippen MR) is 201 cm³/mol. The fraction of sp³-hybridized carbons (Fsp3) is 0.585. The zero-order valence-corrected chi connectivity index (χ0v) is 32.0. The Hall–Kier alpha value is -4.06. The van der Waals surface area contributed by atoms with Crippen molar-refractivity contribution in [3.05, 3.63) is 53.1 Å². The van der Waals surface area contributed by atoms with Crippen LogP contribution in [0.5, 0.6) is 5.75 Å². The van der Waals surface area contributed by atoms with Gasteiger partial charge in [-0.1, -0.05) is 25.3 Å². The number of hydrogen-bond acceptors (Lipinski definition) is 7. The number of amides is 3. The maximum atomic E-state index is 15.4. The van der Waals surface area contributed by atoms with E-state index in [9.17, 15) is 18.0 Å². The topological polar surface area (TPSA) is 127 Å². The second-order valence-electron chi connectivity index (χ2n) is 17.3. The molecule has 3 aromatic rings. The number of nitrogens with zero attached hydrogens (tertiary/aromatic N) is 3. The van der Waals surface area contributed by atoms with E-state index >= 15 is 4.79 Å². The van der Waals surface area contributed by atoms with Gasteiger partial charge in [-0.25, -0.2) is 17.9 Å². The smallest absolute Gasteiger partial charge is 0.410 e. The van der Waals surface area contributed by atoms with Crippen molar-refractivity contribution < 1.29 is 32.3 Å². The molecule has 3 saturated carbocycles. The lowest BCUT2D eigenvalue weighted by atomic mass is 9.80. The summed E-state index contributed by atoms with van der Waals surface area (Å²) in [5.74, 6) is 0.470. The lowest BCUT2D eigenvalue weighted by molar-refractivity contribution is -0.135. The van der Waals surface area contributed by atoms with E-state index in [2.05, 4.69) is 21.4 Å². The zero-order chi connectivity index (χ0) is 37.0. The molecule has 282 valence electrons. The molecule has 2 saturated heterocycles. The van der Waals surface area contributed by atoms with Crippen LogP contribution in [0.4, 0.5) is 4.79 Å². The molecule has 4 atom stereocenters. The van der Waals surface area contributed by atoms with Crippen molar-refractivity contribution in [1.82, 2.24) is 19.1 Å². The molecule has 11 nitrogen and oxygen atoms in total. The van der Waals surface area contributed by atoms with Crippen molar-refractivity contribution in [1.29, 1.82) is 0 Å². The Bertz CT molecular complexity index is 2140. The van der Waals surface area contributed by atoms with Crippen LogP contribution in [0, 0.1) is 5.92 Å². The molecule has 53 heavy (non-hydrogen) atoms. The molecule has 1 aromatic heterocycles. The maximum Gasteiger partial charge on any atom is 0.410 e. The molecule has 3 aliphatic carbocycles. The number of aromatic nitrogens is 1. The highest BCUT2D eigenvalue weighted by Crippen LogP contribution is 2.67. The third-order valence-electron chi connectivity index (χ3n) is 12.8. The van der Waals surface area contributed by atoms with E-state index in [1.54, 1.807) is 13.2 Å². The molecule has 4 heterocycles. The monoisotopic (exact) mass is 742 g/mol. The van der Waals surface area contributed by atoms with E-state index in [4.69, 9.17) is 9.47 Å². The van der Waals surface area contributed by atoms with Crippen molar-refractivity contribution in [3.63, 3.8) is 0 Å². The number of benzene rings is 2. The summed E-state index contributed by atoms with van der Waals surface area (Å²) >= 11 is 0. The van der Waals surface area contributed by atoms with E-state index in [-0.39, 0.29) is 41.4 Å². The summed E-state index contributed by atoms with van der Waals surface area (Å²) in [4.78, 5) is 46.2. The normalized spacial score (nSPS) is 26.7. The summed E-state index contributed by atoms with van der Waals surface area (Å²) in [7, 11) is -2.08. The van der Waals surface area contributed by atoms with E-state index in [0.717, 1.165) is 72.0 Å². The van der Waals surface area contributed by atoms with Crippen LogP contribution in [0.2, 0.25) is 0 Å². The van der Waals surface area contributed by atoms with Gasteiger partial charge in [-0.15, -0.1) is 0 Å². The molecule has 3 aliphatic heterocycles. The Labute approximate surface area is 311 Å². The number of nitrogens with one attached hydrogen (secondary N) is 1. The Morgan fingerprint density at radius 3 is 2.42 bits per heavy atom. The standard InChI is InChI=1S/C41H50N4O7S/c1-40(2,3)52-39(48)44-18-8-11-26-22-43(23-34(26)44)38(47)41-21-32(41)31-20-27(51-4)13-17-29(31)36-35(24-9-6-5-7-10-24)30-16-12-25(19-33(30)45(36)41)37(46)42-53(49,50)28-14-15-28/h12-13,16-17,19-20,24,26,28,32,34H,5-11,14-15,18,21-23H2,1-4H3,(H,42,46). The van der Waals surface area contributed by atoms with Crippen molar-refractivity contribution >= 4 is 38.8 Å². The SMILES string of the molecule is COc1ccc2c(c1)C1CC1(C(=O)N1CC3CCCN(C(=O)OC(C)(C)C)C3C1)n1c-2c(C2CCCCC2)c2ccc(C(=O)NS(=O)(=O)C3CC3)cc21. The van der Waals surface area contributed by atoms with Gasteiger partial charge in [0.2, 0.25) is 15.9 Å². The van der Waals surface area contributed by atoms with E-state index in [1.807, 2.05) is 48.8 Å². The lowest BCUT2D eigenvalue weighted by Gasteiger charge is -2.37. The summed E-state index contributed by atoms with van der Waals surface area (Å²) in [6, 6.07) is 11.6. The summed E-state index contributed by atoms with van der Waals surface area (Å²) in [5, 5.41) is 0.493. The highest BCUT2D eigenvalue weighted by molar-refractivity contribution is 7.91. The third-order valence-corrected chi connectivity index (χ3v) is 14.6. The van der Waals surface area contributed by atoms with Crippen molar-refractivity contribution in [2.45, 2.75) is 119 Å². The Kier molecular flexibility index (Phi) is 8.00. The first-order chi connectivity index (χ1) is 25.3. The second-order valence-corrected chi connectivity index (χ2v) is 19.3. The molecule has 0 radical (unpaired) electrons. The van der Waals surface area contributed by atoms with E-state index in [1.165, 1.54) is 12.0 Å². The molecular formula is C41H50N4O7S. The molecule has 3 amide bonds. The molecule has 12 heteroatoms. The van der Waals surface area contributed by atoms with Gasteiger partial charge in [0.1, 0.15) is 16.9 Å². The van der Waals surface area contributed by atoms with Crippen LogP contribution in [0.15, 0.2) is 36.4 Å². The fourth-order valence-electron chi connectivity index (χ4n) is 10.1. The number of hydrogen-bond donors (Lipinski definition) is 1. The summed E-state index contributed by atoms with van der Waals surface area (Å²) in [6.45, 7) is 7.25. The van der Waals surface area contributed by atoms with Gasteiger partial charge in [-0.05, 0) is 119 Å². The molecule has 5 fully saturated rings. The quantitative estimate of drug-likeness (QED) is 0.300. The number of likely N-dealkylation sites (tertiary alicyclic amines) is 2. The number of carbonyl (C=O) groups excluding carboxylic acids is 3. The third kappa shape index (κ3) is 5.64. The van der Waals surface area contributed by atoms with Gasteiger partial charge in [0, 0.05) is 42.1 Å². The molecule has 2 aromatic carbocycles.